The van der Waals surface area contributed by atoms with Gasteiger partial charge >= 0.3 is 0 Å². The van der Waals surface area contributed by atoms with Gasteiger partial charge in [0.2, 0.25) is 0 Å². The maximum atomic E-state index is 13.5. The van der Waals surface area contributed by atoms with Gasteiger partial charge in [-0.05, 0) is 42.0 Å². The quantitative estimate of drug-likeness (QED) is 0.439. The first-order chi connectivity index (χ1) is 17.1. The minimum Gasteiger partial charge on any atom is -0.366 e. The zero-order valence-corrected chi connectivity index (χ0v) is 19.7. The predicted molar refractivity (Wildman–Crippen MR) is 136 cm³/mol. The second-order valence-electron chi connectivity index (χ2n) is 8.37. The first kappa shape index (κ1) is 22.6. The predicted octanol–water partition coefficient (Wildman–Crippen LogP) is 3.93. The third-order valence-corrected chi connectivity index (χ3v) is 6.51. The molecule has 3 heterocycles. The molecule has 5 rings (SSSR count). The number of pyridine rings is 2. The van der Waals surface area contributed by atoms with Crippen LogP contribution in [0.5, 0.6) is 0 Å². The zero-order valence-electron chi connectivity index (χ0n) is 18.9. The number of amides is 1. The Balaban J connectivity index is 1.48. The van der Waals surface area contributed by atoms with Crippen LogP contribution in [0, 0.1) is 11.3 Å². The first-order valence-corrected chi connectivity index (χ1v) is 11.7. The number of anilines is 1. The average Bonchev–Trinajstić information content (AvgIpc) is 2.90. The molecule has 0 aliphatic carbocycles. The molecule has 4 aromatic rings. The zero-order chi connectivity index (χ0) is 24.4. The number of nitriles is 1. The molecule has 0 spiro atoms. The van der Waals surface area contributed by atoms with E-state index in [0.717, 1.165) is 10.9 Å². The topological polar surface area (TPSA) is 82.2 Å². The van der Waals surface area contributed by atoms with E-state index >= 15 is 0 Å². The lowest BCUT2D eigenvalue weighted by atomic mass is 10.1. The van der Waals surface area contributed by atoms with Gasteiger partial charge in [-0.3, -0.25) is 14.2 Å². The van der Waals surface area contributed by atoms with Crippen LogP contribution in [0.1, 0.15) is 21.5 Å². The van der Waals surface area contributed by atoms with Gasteiger partial charge in [-0.1, -0.05) is 41.9 Å². The fourth-order valence-corrected chi connectivity index (χ4v) is 4.64. The molecule has 0 radical (unpaired) electrons. The average molecular weight is 484 g/mol. The van der Waals surface area contributed by atoms with Crippen LogP contribution >= 0.6 is 11.6 Å². The highest BCUT2D eigenvalue weighted by molar-refractivity contribution is 6.30. The van der Waals surface area contributed by atoms with Crippen LogP contribution in [-0.4, -0.2) is 46.5 Å². The number of piperazine rings is 1. The molecule has 0 bridgehead atoms. The molecule has 1 aliphatic heterocycles. The second-order valence-corrected chi connectivity index (χ2v) is 8.81. The third kappa shape index (κ3) is 4.36. The molecule has 2 aromatic carbocycles. The van der Waals surface area contributed by atoms with E-state index in [2.05, 4.69) is 11.1 Å². The van der Waals surface area contributed by atoms with Crippen molar-refractivity contribution >= 4 is 34.2 Å². The summed E-state index contributed by atoms with van der Waals surface area (Å²) in [6.45, 7) is 2.27. The molecule has 1 saturated heterocycles. The Hall–Kier alpha value is -4.15. The van der Waals surface area contributed by atoms with E-state index < -0.39 is 0 Å². The molecule has 0 saturated carbocycles. The molecule has 0 atom stereocenters. The number of nitrogens with zero attached hydrogens (tertiary/aromatic N) is 5. The second kappa shape index (κ2) is 9.61. The Morgan fingerprint density at radius 3 is 2.37 bits per heavy atom. The van der Waals surface area contributed by atoms with Crippen molar-refractivity contribution in [1.82, 2.24) is 14.5 Å². The van der Waals surface area contributed by atoms with Crippen LogP contribution in [0.3, 0.4) is 0 Å². The Labute approximate surface area is 207 Å². The number of rotatable bonds is 4. The molecule has 1 amide bonds. The molecule has 1 aliphatic rings. The molecule has 8 heteroatoms. The van der Waals surface area contributed by atoms with Gasteiger partial charge in [0.1, 0.15) is 17.3 Å². The lowest BCUT2D eigenvalue weighted by Crippen LogP contribution is -2.49. The standard InChI is InChI=1S/C27H22ClN5O2/c28-21-10-8-20(9-11-21)26(34)32-15-13-31(14-16-32)24-22-7-4-12-30-25(22)33(27(35)23(24)17-29)18-19-5-2-1-3-6-19/h1-12H,13-16,18H2. The van der Waals surface area contributed by atoms with Gasteiger partial charge in [-0.15, -0.1) is 0 Å². The summed E-state index contributed by atoms with van der Waals surface area (Å²) in [6, 6.07) is 22.3. The molecule has 0 N–H and O–H groups in total. The van der Waals surface area contributed by atoms with Crippen molar-refractivity contribution in [3.05, 3.63) is 105 Å². The summed E-state index contributed by atoms with van der Waals surface area (Å²) in [5.74, 6) is -0.0633. The van der Waals surface area contributed by atoms with Crippen LogP contribution in [0.15, 0.2) is 77.7 Å². The van der Waals surface area contributed by atoms with Crippen LogP contribution in [-0.2, 0) is 6.54 Å². The normalized spacial score (nSPS) is 13.6. The summed E-state index contributed by atoms with van der Waals surface area (Å²) in [5, 5.41) is 11.3. The molecule has 1 fully saturated rings. The lowest BCUT2D eigenvalue weighted by molar-refractivity contribution is 0.0747. The van der Waals surface area contributed by atoms with Crippen LogP contribution < -0.4 is 10.5 Å². The number of hydrogen-bond acceptors (Lipinski definition) is 5. The van der Waals surface area contributed by atoms with E-state index in [1.54, 1.807) is 39.9 Å². The minimum absolute atomic E-state index is 0.0633. The summed E-state index contributed by atoms with van der Waals surface area (Å²) < 4.78 is 1.56. The third-order valence-electron chi connectivity index (χ3n) is 6.26. The first-order valence-electron chi connectivity index (χ1n) is 11.3. The number of fused-ring (bicyclic) bond motifs is 1. The minimum atomic E-state index is -0.364. The van der Waals surface area contributed by atoms with Gasteiger partial charge < -0.3 is 9.80 Å². The van der Waals surface area contributed by atoms with E-state index in [1.807, 2.05) is 47.4 Å². The Kier molecular flexibility index (Phi) is 6.21. The van der Waals surface area contributed by atoms with Gasteiger partial charge in [0.05, 0.1) is 12.2 Å². The van der Waals surface area contributed by atoms with E-state index in [1.165, 1.54) is 0 Å². The van der Waals surface area contributed by atoms with Crippen molar-refractivity contribution < 1.29 is 4.79 Å². The SMILES string of the molecule is N#Cc1c(N2CCN(C(=O)c3ccc(Cl)cc3)CC2)c2cccnc2n(Cc2ccccc2)c1=O. The number of hydrogen-bond donors (Lipinski definition) is 0. The fourth-order valence-electron chi connectivity index (χ4n) is 4.51. The molecular weight excluding hydrogens is 462 g/mol. The maximum absolute atomic E-state index is 13.5. The van der Waals surface area contributed by atoms with E-state index in [-0.39, 0.29) is 17.0 Å². The van der Waals surface area contributed by atoms with Crippen molar-refractivity contribution in [3.63, 3.8) is 0 Å². The monoisotopic (exact) mass is 483 g/mol. The van der Waals surface area contributed by atoms with Crippen LogP contribution in [0.4, 0.5) is 5.69 Å². The van der Waals surface area contributed by atoms with Gasteiger partial charge in [0, 0.05) is 48.3 Å². The Morgan fingerprint density at radius 2 is 1.69 bits per heavy atom. The summed E-state index contributed by atoms with van der Waals surface area (Å²) in [6.07, 6.45) is 1.65. The van der Waals surface area contributed by atoms with Gasteiger partial charge in [-0.25, -0.2) is 4.98 Å². The summed E-state index contributed by atoms with van der Waals surface area (Å²) in [7, 11) is 0. The highest BCUT2D eigenvalue weighted by Gasteiger charge is 2.27. The number of aromatic nitrogens is 2. The Bertz CT molecular complexity index is 1480. The van der Waals surface area contributed by atoms with E-state index in [0.29, 0.717) is 54.6 Å². The van der Waals surface area contributed by atoms with Crippen molar-refractivity contribution in [1.29, 1.82) is 5.26 Å². The summed E-state index contributed by atoms with van der Waals surface area (Å²) in [5.41, 5.74) is 2.39. The van der Waals surface area contributed by atoms with Crippen molar-refractivity contribution in [3.8, 4) is 6.07 Å². The van der Waals surface area contributed by atoms with Crippen LogP contribution in [0.2, 0.25) is 5.02 Å². The number of benzene rings is 2. The number of carbonyl (C=O) groups excluding carboxylic acids is 1. The molecule has 2 aromatic heterocycles. The maximum Gasteiger partial charge on any atom is 0.272 e. The number of halogens is 1. The van der Waals surface area contributed by atoms with Crippen molar-refractivity contribution in [2.75, 3.05) is 31.1 Å². The highest BCUT2D eigenvalue weighted by atomic mass is 35.5. The van der Waals surface area contributed by atoms with Crippen molar-refractivity contribution in [2.24, 2.45) is 0 Å². The lowest BCUT2D eigenvalue weighted by Gasteiger charge is -2.37. The van der Waals surface area contributed by atoms with Crippen molar-refractivity contribution in [2.45, 2.75) is 6.54 Å². The van der Waals surface area contributed by atoms with E-state index in [9.17, 15) is 14.9 Å². The van der Waals surface area contributed by atoms with Gasteiger partial charge in [0.15, 0.2) is 0 Å². The van der Waals surface area contributed by atoms with Gasteiger partial charge in [0.25, 0.3) is 11.5 Å². The fraction of sp³-hybridized carbons (Fsp3) is 0.185. The molecule has 35 heavy (non-hydrogen) atoms. The molecule has 0 unspecified atom stereocenters. The Morgan fingerprint density at radius 1 is 0.971 bits per heavy atom. The van der Waals surface area contributed by atoms with Gasteiger partial charge in [-0.2, -0.15) is 5.26 Å². The summed E-state index contributed by atoms with van der Waals surface area (Å²) >= 11 is 5.94. The number of carbonyl (C=O) groups is 1. The molecular formula is C27H22ClN5O2. The smallest absolute Gasteiger partial charge is 0.272 e. The van der Waals surface area contributed by atoms with Crippen LogP contribution in [0.25, 0.3) is 11.0 Å². The molecule has 174 valence electrons. The highest BCUT2D eigenvalue weighted by Crippen LogP contribution is 2.29. The van der Waals surface area contributed by atoms with E-state index in [4.69, 9.17) is 11.6 Å². The molecule has 7 nitrogen and oxygen atoms in total. The largest absolute Gasteiger partial charge is 0.366 e. The summed E-state index contributed by atoms with van der Waals surface area (Å²) in [4.78, 5) is 34.7.